The summed E-state index contributed by atoms with van der Waals surface area (Å²) in [5.74, 6) is 0.946. The van der Waals surface area contributed by atoms with Crippen LogP contribution in [-0.4, -0.2) is 47.6 Å². The maximum Gasteiger partial charge on any atom is 0.251 e. The second kappa shape index (κ2) is 5.15. The van der Waals surface area contributed by atoms with E-state index in [-0.39, 0.29) is 5.56 Å². The Morgan fingerprint density at radius 2 is 2.05 bits per heavy atom. The molecule has 3 heterocycles. The third kappa shape index (κ3) is 2.65. The molecule has 4 rings (SSSR count). The first-order valence-electron chi connectivity index (χ1n) is 7.75. The molecule has 5 nitrogen and oxygen atoms in total. The molecule has 1 aliphatic carbocycles. The molecule has 2 fully saturated rings. The van der Waals surface area contributed by atoms with Crippen molar-refractivity contribution in [3.05, 3.63) is 34.7 Å². The molecule has 0 spiro atoms. The number of aromatic nitrogens is 2. The first-order valence-corrected chi connectivity index (χ1v) is 7.75. The van der Waals surface area contributed by atoms with Gasteiger partial charge >= 0.3 is 0 Å². The molecule has 0 radical (unpaired) electrons. The smallest absolute Gasteiger partial charge is 0.251 e. The molecule has 0 aromatic carbocycles. The summed E-state index contributed by atoms with van der Waals surface area (Å²) in [6, 6.07) is 5.66. The second-order valence-corrected chi connectivity index (χ2v) is 6.15. The van der Waals surface area contributed by atoms with Crippen LogP contribution in [0.1, 0.15) is 12.8 Å². The summed E-state index contributed by atoms with van der Waals surface area (Å²) in [7, 11) is 0. The van der Waals surface area contributed by atoms with Gasteiger partial charge in [0.05, 0.1) is 5.69 Å². The molecule has 110 valence electrons. The predicted octanol–water partition coefficient (Wildman–Crippen LogP) is 1.46. The highest BCUT2D eigenvalue weighted by atomic mass is 16.1. The Bertz CT molecular complexity index is 699. The number of hydrogen-bond acceptors (Lipinski definition) is 4. The molecule has 0 bridgehead atoms. The lowest BCUT2D eigenvalue weighted by Gasteiger charge is -2.36. The van der Waals surface area contributed by atoms with Gasteiger partial charge in [0.15, 0.2) is 0 Å². The van der Waals surface area contributed by atoms with E-state index >= 15 is 0 Å². The number of rotatable bonds is 3. The summed E-state index contributed by atoms with van der Waals surface area (Å²) in [5, 5.41) is 1.03. The van der Waals surface area contributed by atoms with E-state index < -0.39 is 0 Å². The number of nitrogens with one attached hydrogen (secondary N) is 1. The summed E-state index contributed by atoms with van der Waals surface area (Å²) < 4.78 is 0. The summed E-state index contributed by atoms with van der Waals surface area (Å²) in [6.45, 7) is 5.40. The van der Waals surface area contributed by atoms with Crippen LogP contribution in [0, 0.1) is 5.92 Å². The van der Waals surface area contributed by atoms with Crippen molar-refractivity contribution < 1.29 is 0 Å². The van der Waals surface area contributed by atoms with Gasteiger partial charge in [-0.25, -0.2) is 4.98 Å². The zero-order valence-corrected chi connectivity index (χ0v) is 12.1. The van der Waals surface area contributed by atoms with Crippen LogP contribution >= 0.6 is 0 Å². The van der Waals surface area contributed by atoms with Gasteiger partial charge in [-0.1, -0.05) is 0 Å². The minimum absolute atomic E-state index is 0.0726. The largest absolute Gasteiger partial charge is 0.368 e. The second-order valence-electron chi connectivity index (χ2n) is 6.15. The van der Waals surface area contributed by atoms with Crippen molar-refractivity contribution in [1.29, 1.82) is 0 Å². The van der Waals surface area contributed by atoms with Crippen LogP contribution in [0.2, 0.25) is 0 Å². The molecule has 1 aliphatic heterocycles. The number of hydrogen-bond donors (Lipinski definition) is 1. The fraction of sp³-hybridized carbons (Fsp3) is 0.500. The van der Waals surface area contributed by atoms with E-state index in [1.165, 1.54) is 19.4 Å². The van der Waals surface area contributed by atoms with E-state index in [1.807, 2.05) is 12.1 Å². The van der Waals surface area contributed by atoms with Gasteiger partial charge in [-0.2, -0.15) is 0 Å². The SMILES string of the molecule is O=c1cc(N2CCN(CC3CC3)CC2)c2cccnc2[nH]1. The van der Waals surface area contributed by atoms with Crippen molar-refractivity contribution >= 4 is 16.7 Å². The highest BCUT2D eigenvalue weighted by Gasteiger charge is 2.26. The maximum atomic E-state index is 11.8. The van der Waals surface area contributed by atoms with E-state index in [2.05, 4.69) is 19.8 Å². The number of aromatic amines is 1. The molecule has 2 aliphatic rings. The molecule has 1 saturated carbocycles. The standard InChI is InChI=1S/C16H20N4O/c21-15-10-14(13-2-1-5-17-16(13)18-15)20-8-6-19(7-9-20)11-12-3-4-12/h1-2,5,10,12H,3-4,6-9,11H2,(H,17,18,21). The zero-order chi connectivity index (χ0) is 14.2. The molecule has 0 atom stereocenters. The average Bonchev–Trinajstić information content (AvgIpc) is 3.31. The van der Waals surface area contributed by atoms with Crippen LogP contribution < -0.4 is 10.5 Å². The molecule has 2 aromatic heterocycles. The van der Waals surface area contributed by atoms with Crippen molar-refractivity contribution in [1.82, 2.24) is 14.9 Å². The van der Waals surface area contributed by atoms with Crippen molar-refractivity contribution in [3.63, 3.8) is 0 Å². The Labute approximate surface area is 123 Å². The van der Waals surface area contributed by atoms with Crippen molar-refractivity contribution in [2.45, 2.75) is 12.8 Å². The Hall–Kier alpha value is -1.88. The fourth-order valence-corrected chi connectivity index (χ4v) is 3.16. The fourth-order valence-electron chi connectivity index (χ4n) is 3.16. The van der Waals surface area contributed by atoms with Gasteiger partial charge in [-0.05, 0) is 30.9 Å². The van der Waals surface area contributed by atoms with E-state index in [0.717, 1.165) is 43.2 Å². The first kappa shape index (κ1) is 12.8. The molecule has 1 saturated heterocycles. The topological polar surface area (TPSA) is 52.2 Å². The van der Waals surface area contributed by atoms with Crippen molar-refractivity contribution in [3.8, 4) is 0 Å². The molecule has 0 amide bonds. The zero-order valence-electron chi connectivity index (χ0n) is 12.1. The highest BCUT2D eigenvalue weighted by molar-refractivity contribution is 5.89. The molecule has 2 aromatic rings. The Morgan fingerprint density at radius 3 is 2.81 bits per heavy atom. The van der Waals surface area contributed by atoms with Crippen LogP contribution in [0.4, 0.5) is 5.69 Å². The third-order valence-corrected chi connectivity index (χ3v) is 4.52. The van der Waals surface area contributed by atoms with Gasteiger partial charge < -0.3 is 9.88 Å². The number of nitrogens with zero attached hydrogens (tertiary/aromatic N) is 3. The van der Waals surface area contributed by atoms with Gasteiger partial charge in [0, 0.05) is 50.4 Å². The Morgan fingerprint density at radius 1 is 1.24 bits per heavy atom. The predicted molar refractivity (Wildman–Crippen MR) is 83.7 cm³/mol. The van der Waals surface area contributed by atoms with Gasteiger partial charge in [0.25, 0.3) is 5.56 Å². The number of H-pyrrole nitrogens is 1. The van der Waals surface area contributed by atoms with Crippen LogP contribution in [-0.2, 0) is 0 Å². The summed E-state index contributed by atoms with van der Waals surface area (Å²) in [5.41, 5.74) is 1.63. The molecule has 5 heteroatoms. The normalized spacial score (nSPS) is 20.1. The van der Waals surface area contributed by atoms with E-state index in [0.29, 0.717) is 5.65 Å². The molecule has 21 heavy (non-hydrogen) atoms. The number of pyridine rings is 2. The summed E-state index contributed by atoms with van der Waals surface area (Å²) in [4.78, 5) is 23.8. The van der Waals surface area contributed by atoms with Crippen LogP contribution in [0.25, 0.3) is 11.0 Å². The van der Waals surface area contributed by atoms with E-state index in [4.69, 9.17) is 0 Å². The third-order valence-electron chi connectivity index (χ3n) is 4.52. The average molecular weight is 284 g/mol. The van der Waals surface area contributed by atoms with E-state index in [9.17, 15) is 4.79 Å². The summed E-state index contributed by atoms with van der Waals surface area (Å²) >= 11 is 0. The lowest BCUT2D eigenvalue weighted by atomic mass is 10.2. The quantitative estimate of drug-likeness (QED) is 0.927. The van der Waals surface area contributed by atoms with Gasteiger partial charge in [0.2, 0.25) is 0 Å². The van der Waals surface area contributed by atoms with Crippen LogP contribution in [0.3, 0.4) is 0 Å². The summed E-state index contributed by atoms with van der Waals surface area (Å²) in [6.07, 6.45) is 4.53. The lowest BCUT2D eigenvalue weighted by molar-refractivity contribution is 0.248. The Kier molecular flexibility index (Phi) is 3.15. The molecular formula is C16H20N4O. The first-order chi connectivity index (χ1) is 10.3. The number of anilines is 1. The number of fused-ring (bicyclic) bond motifs is 1. The highest BCUT2D eigenvalue weighted by Crippen LogP contribution is 2.30. The maximum absolute atomic E-state index is 11.8. The van der Waals surface area contributed by atoms with E-state index in [1.54, 1.807) is 12.3 Å². The minimum atomic E-state index is -0.0726. The number of piperazine rings is 1. The van der Waals surface area contributed by atoms with Crippen molar-refractivity contribution in [2.75, 3.05) is 37.6 Å². The monoisotopic (exact) mass is 284 g/mol. The minimum Gasteiger partial charge on any atom is -0.368 e. The van der Waals surface area contributed by atoms with Crippen LogP contribution in [0.5, 0.6) is 0 Å². The van der Waals surface area contributed by atoms with Gasteiger partial charge in [-0.3, -0.25) is 9.69 Å². The Balaban J connectivity index is 1.57. The molecule has 1 N–H and O–H groups in total. The van der Waals surface area contributed by atoms with Crippen LogP contribution in [0.15, 0.2) is 29.2 Å². The molecule has 0 unspecified atom stereocenters. The van der Waals surface area contributed by atoms with Crippen molar-refractivity contribution in [2.24, 2.45) is 5.92 Å². The van der Waals surface area contributed by atoms with Gasteiger partial charge in [-0.15, -0.1) is 0 Å². The molecular weight excluding hydrogens is 264 g/mol. The van der Waals surface area contributed by atoms with Gasteiger partial charge in [0.1, 0.15) is 5.65 Å². The lowest BCUT2D eigenvalue weighted by Crippen LogP contribution is -2.47.